The van der Waals surface area contributed by atoms with Crippen molar-refractivity contribution in [2.24, 2.45) is 0 Å². The fourth-order valence-electron chi connectivity index (χ4n) is 1.54. The minimum absolute atomic E-state index is 0.0789. The Morgan fingerprint density at radius 2 is 2.00 bits per heavy atom. The molecular formula is C13H8BrNO5. The second-order valence-corrected chi connectivity index (χ2v) is 4.72. The quantitative estimate of drug-likeness (QED) is 0.676. The van der Waals surface area contributed by atoms with Crippen LogP contribution >= 0.6 is 15.9 Å². The van der Waals surface area contributed by atoms with Gasteiger partial charge in [0.1, 0.15) is 17.1 Å². The minimum Gasteiger partial charge on any atom is -0.478 e. The number of ether oxygens (including phenoxy) is 1. The van der Waals surface area contributed by atoms with Crippen LogP contribution in [0.2, 0.25) is 0 Å². The van der Waals surface area contributed by atoms with Gasteiger partial charge in [0, 0.05) is 10.5 Å². The number of nitrogens with zero attached hydrogens (tertiary/aromatic N) is 1. The SMILES string of the molecule is O=C(O)c1ccc([N+](=O)[O-])cc1Oc1cccc(Br)c1. The summed E-state index contributed by atoms with van der Waals surface area (Å²) in [5.41, 5.74) is -0.379. The molecule has 0 saturated heterocycles. The third kappa shape index (κ3) is 3.12. The fraction of sp³-hybridized carbons (Fsp3) is 0. The zero-order valence-electron chi connectivity index (χ0n) is 9.95. The number of carboxylic acids is 1. The van der Waals surface area contributed by atoms with Crippen LogP contribution in [-0.4, -0.2) is 16.0 Å². The first-order valence-corrected chi connectivity index (χ1v) is 6.22. The number of rotatable bonds is 4. The van der Waals surface area contributed by atoms with Gasteiger partial charge in [0.2, 0.25) is 0 Å². The van der Waals surface area contributed by atoms with E-state index in [4.69, 9.17) is 9.84 Å². The number of hydrogen-bond acceptors (Lipinski definition) is 4. The molecule has 0 heterocycles. The van der Waals surface area contributed by atoms with E-state index in [0.29, 0.717) is 5.75 Å². The van der Waals surface area contributed by atoms with Crippen LogP contribution in [0.5, 0.6) is 11.5 Å². The fourth-order valence-corrected chi connectivity index (χ4v) is 1.92. The van der Waals surface area contributed by atoms with Crippen molar-refractivity contribution >= 4 is 27.6 Å². The number of non-ortho nitro benzene ring substituents is 1. The number of carboxylic acid groups (broad SMARTS) is 1. The zero-order chi connectivity index (χ0) is 14.7. The highest BCUT2D eigenvalue weighted by atomic mass is 79.9. The van der Waals surface area contributed by atoms with E-state index in [1.165, 1.54) is 0 Å². The molecule has 0 unspecified atom stereocenters. The van der Waals surface area contributed by atoms with Crippen molar-refractivity contribution < 1.29 is 19.6 Å². The summed E-state index contributed by atoms with van der Waals surface area (Å²) in [6, 6.07) is 10.1. The standard InChI is InChI=1S/C13H8BrNO5/c14-8-2-1-3-10(6-8)20-12-7-9(15(18)19)4-5-11(12)13(16)17/h1-7H,(H,16,17). The monoisotopic (exact) mass is 337 g/mol. The summed E-state index contributed by atoms with van der Waals surface area (Å²) in [5.74, 6) is -0.919. The maximum absolute atomic E-state index is 11.1. The normalized spacial score (nSPS) is 10.1. The lowest BCUT2D eigenvalue weighted by atomic mass is 10.2. The van der Waals surface area contributed by atoms with Gasteiger partial charge < -0.3 is 9.84 Å². The predicted octanol–water partition coefficient (Wildman–Crippen LogP) is 3.85. The summed E-state index contributed by atoms with van der Waals surface area (Å²) in [7, 11) is 0. The Labute approximate surface area is 121 Å². The highest BCUT2D eigenvalue weighted by molar-refractivity contribution is 9.10. The molecule has 0 bridgehead atoms. The molecule has 0 radical (unpaired) electrons. The summed E-state index contributed by atoms with van der Waals surface area (Å²) < 4.78 is 6.17. The van der Waals surface area contributed by atoms with Gasteiger partial charge in [-0.3, -0.25) is 10.1 Å². The number of aromatic carboxylic acids is 1. The van der Waals surface area contributed by atoms with Crippen molar-refractivity contribution in [2.75, 3.05) is 0 Å². The average Bonchev–Trinajstić information content (AvgIpc) is 2.38. The molecule has 0 aromatic heterocycles. The summed E-state index contributed by atoms with van der Waals surface area (Å²) in [4.78, 5) is 21.2. The van der Waals surface area contributed by atoms with E-state index in [-0.39, 0.29) is 17.0 Å². The first-order chi connectivity index (χ1) is 9.47. The van der Waals surface area contributed by atoms with E-state index < -0.39 is 10.9 Å². The molecule has 0 saturated carbocycles. The molecule has 102 valence electrons. The maximum atomic E-state index is 11.1. The Kier molecular flexibility index (Phi) is 3.99. The number of hydrogen-bond donors (Lipinski definition) is 1. The molecule has 0 aliphatic carbocycles. The van der Waals surface area contributed by atoms with E-state index in [1.807, 2.05) is 0 Å². The second-order valence-electron chi connectivity index (χ2n) is 3.80. The van der Waals surface area contributed by atoms with Crippen LogP contribution in [-0.2, 0) is 0 Å². The second kappa shape index (κ2) is 5.70. The largest absolute Gasteiger partial charge is 0.478 e. The van der Waals surface area contributed by atoms with Gasteiger partial charge in [-0.05, 0) is 24.3 Å². The van der Waals surface area contributed by atoms with Gasteiger partial charge in [0.05, 0.1) is 11.0 Å². The van der Waals surface area contributed by atoms with Crippen LogP contribution in [0.25, 0.3) is 0 Å². The predicted molar refractivity (Wildman–Crippen MR) is 74.3 cm³/mol. The van der Waals surface area contributed by atoms with E-state index in [1.54, 1.807) is 24.3 Å². The molecule has 20 heavy (non-hydrogen) atoms. The first-order valence-electron chi connectivity index (χ1n) is 5.42. The van der Waals surface area contributed by atoms with Crippen LogP contribution < -0.4 is 4.74 Å². The van der Waals surface area contributed by atoms with E-state index >= 15 is 0 Å². The molecule has 2 aromatic rings. The highest BCUT2D eigenvalue weighted by Gasteiger charge is 2.17. The molecule has 2 aromatic carbocycles. The highest BCUT2D eigenvalue weighted by Crippen LogP contribution is 2.30. The number of halogens is 1. The molecular weight excluding hydrogens is 330 g/mol. The van der Waals surface area contributed by atoms with Crippen LogP contribution in [0.3, 0.4) is 0 Å². The summed E-state index contributed by atoms with van der Waals surface area (Å²) in [6.07, 6.45) is 0. The smallest absolute Gasteiger partial charge is 0.339 e. The molecule has 6 nitrogen and oxygen atoms in total. The van der Waals surface area contributed by atoms with Gasteiger partial charge in [-0.1, -0.05) is 22.0 Å². The number of carbonyl (C=O) groups is 1. The first kappa shape index (κ1) is 14.0. The third-order valence-corrected chi connectivity index (χ3v) is 2.92. The van der Waals surface area contributed by atoms with Crippen molar-refractivity contribution in [2.45, 2.75) is 0 Å². The van der Waals surface area contributed by atoms with Gasteiger partial charge in [-0.15, -0.1) is 0 Å². The molecule has 0 aliphatic heterocycles. The Morgan fingerprint density at radius 3 is 2.60 bits per heavy atom. The topological polar surface area (TPSA) is 89.7 Å². The molecule has 0 amide bonds. The zero-order valence-corrected chi connectivity index (χ0v) is 11.5. The Bertz CT molecular complexity index is 686. The van der Waals surface area contributed by atoms with Gasteiger partial charge in [-0.25, -0.2) is 4.79 Å². The van der Waals surface area contributed by atoms with Crippen LogP contribution in [0, 0.1) is 10.1 Å². The Balaban J connectivity index is 2.44. The van der Waals surface area contributed by atoms with Gasteiger partial charge in [0.25, 0.3) is 5.69 Å². The molecule has 0 aliphatic rings. The van der Waals surface area contributed by atoms with Crippen molar-refractivity contribution in [3.8, 4) is 11.5 Å². The number of nitro groups is 1. The lowest BCUT2D eigenvalue weighted by molar-refractivity contribution is -0.384. The van der Waals surface area contributed by atoms with E-state index in [9.17, 15) is 14.9 Å². The van der Waals surface area contributed by atoms with Crippen molar-refractivity contribution in [1.29, 1.82) is 0 Å². The lowest BCUT2D eigenvalue weighted by Gasteiger charge is -2.08. The average molecular weight is 338 g/mol. The van der Waals surface area contributed by atoms with Gasteiger partial charge in [0.15, 0.2) is 0 Å². The molecule has 2 rings (SSSR count). The van der Waals surface area contributed by atoms with Crippen molar-refractivity contribution in [3.63, 3.8) is 0 Å². The number of benzene rings is 2. The lowest BCUT2D eigenvalue weighted by Crippen LogP contribution is -2.01. The van der Waals surface area contributed by atoms with E-state index in [0.717, 1.165) is 22.7 Å². The van der Waals surface area contributed by atoms with Gasteiger partial charge >= 0.3 is 5.97 Å². The van der Waals surface area contributed by atoms with Crippen LogP contribution in [0.1, 0.15) is 10.4 Å². The Morgan fingerprint density at radius 1 is 1.25 bits per heavy atom. The maximum Gasteiger partial charge on any atom is 0.339 e. The van der Waals surface area contributed by atoms with Crippen molar-refractivity contribution in [3.05, 3.63) is 62.6 Å². The van der Waals surface area contributed by atoms with Crippen LogP contribution in [0.15, 0.2) is 46.9 Å². The van der Waals surface area contributed by atoms with Crippen LogP contribution in [0.4, 0.5) is 5.69 Å². The van der Waals surface area contributed by atoms with Gasteiger partial charge in [-0.2, -0.15) is 0 Å². The van der Waals surface area contributed by atoms with Crippen molar-refractivity contribution in [1.82, 2.24) is 0 Å². The summed E-state index contributed by atoms with van der Waals surface area (Å²) in [6.45, 7) is 0. The van der Waals surface area contributed by atoms with E-state index in [2.05, 4.69) is 15.9 Å². The number of nitro benzene ring substituents is 1. The summed E-state index contributed by atoms with van der Waals surface area (Å²) in [5, 5.41) is 19.8. The minimum atomic E-state index is -1.22. The third-order valence-electron chi connectivity index (χ3n) is 2.43. The summed E-state index contributed by atoms with van der Waals surface area (Å²) >= 11 is 3.26. The molecule has 0 atom stereocenters. The molecule has 7 heteroatoms. The Hall–Kier alpha value is -2.41. The molecule has 0 spiro atoms. The molecule has 1 N–H and O–H groups in total. The molecule has 0 fully saturated rings.